The van der Waals surface area contributed by atoms with Crippen molar-refractivity contribution in [1.82, 2.24) is 4.98 Å². The van der Waals surface area contributed by atoms with Crippen LogP contribution in [0.5, 0.6) is 0 Å². The van der Waals surface area contributed by atoms with E-state index in [9.17, 15) is 9.59 Å². The molecule has 6 nitrogen and oxygen atoms in total. The molecule has 7 heteroatoms. The fourth-order valence-electron chi connectivity index (χ4n) is 1.60. The molecule has 1 atom stereocenters. The number of nitrogens with two attached hydrogens (primary N) is 1. The molecule has 0 spiro atoms. The quantitative estimate of drug-likeness (QED) is 0.736. The molecule has 0 aromatic carbocycles. The van der Waals surface area contributed by atoms with Gasteiger partial charge < -0.3 is 10.5 Å². The summed E-state index contributed by atoms with van der Waals surface area (Å²) in [6.07, 6.45) is 0.290. The van der Waals surface area contributed by atoms with Gasteiger partial charge >= 0.3 is 5.97 Å². The van der Waals surface area contributed by atoms with E-state index in [1.165, 1.54) is 17.5 Å². The lowest BCUT2D eigenvalue weighted by Gasteiger charge is -2.13. The Morgan fingerprint density at radius 3 is 3.06 bits per heavy atom. The van der Waals surface area contributed by atoms with E-state index in [2.05, 4.69) is 9.72 Å². The molecule has 1 saturated heterocycles. The van der Waals surface area contributed by atoms with Crippen LogP contribution in [0.2, 0.25) is 0 Å². The number of amides is 1. The summed E-state index contributed by atoms with van der Waals surface area (Å²) in [5, 5.41) is 0. The summed E-state index contributed by atoms with van der Waals surface area (Å²) >= 11 is 1.15. The van der Waals surface area contributed by atoms with E-state index in [4.69, 9.17) is 5.73 Å². The summed E-state index contributed by atoms with van der Waals surface area (Å²) < 4.78 is 4.62. The van der Waals surface area contributed by atoms with Gasteiger partial charge in [-0.15, -0.1) is 11.3 Å². The van der Waals surface area contributed by atoms with Crippen molar-refractivity contribution in [2.45, 2.75) is 12.5 Å². The number of aromatic nitrogens is 1. The van der Waals surface area contributed by atoms with Crippen molar-refractivity contribution in [1.29, 1.82) is 0 Å². The van der Waals surface area contributed by atoms with E-state index >= 15 is 0 Å². The summed E-state index contributed by atoms with van der Waals surface area (Å²) in [7, 11) is 1.30. The number of nitrogens with zero attached hydrogens (tertiary/aromatic N) is 2. The molecule has 1 unspecified atom stereocenters. The number of carbonyl (C=O) groups excluding carboxylic acids is 2. The molecule has 1 amide bonds. The van der Waals surface area contributed by atoms with E-state index in [1.54, 1.807) is 0 Å². The predicted molar refractivity (Wildman–Crippen MR) is 58.4 cm³/mol. The first-order valence-corrected chi connectivity index (χ1v) is 5.59. The summed E-state index contributed by atoms with van der Waals surface area (Å²) in [6.45, 7) is 0.395. The van der Waals surface area contributed by atoms with Crippen molar-refractivity contribution in [2.24, 2.45) is 5.73 Å². The number of hydrogen-bond donors (Lipinski definition) is 1. The monoisotopic (exact) mass is 241 g/mol. The fourth-order valence-corrected chi connectivity index (χ4v) is 2.31. The van der Waals surface area contributed by atoms with Gasteiger partial charge in [-0.2, -0.15) is 0 Å². The third-order valence-electron chi connectivity index (χ3n) is 2.33. The number of methoxy groups -OCH3 is 1. The lowest BCUT2D eigenvalue weighted by atomic mass is 10.3. The average molecular weight is 241 g/mol. The maximum atomic E-state index is 11.6. The van der Waals surface area contributed by atoms with Gasteiger partial charge in [-0.25, -0.2) is 9.78 Å². The van der Waals surface area contributed by atoms with Gasteiger partial charge in [0.05, 0.1) is 12.6 Å². The highest BCUT2D eigenvalue weighted by Gasteiger charge is 2.32. The maximum Gasteiger partial charge on any atom is 0.351 e. The van der Waals surface area contributed by atoms with Crippen molar-refractivity contribution < 1.29 is 14.3 Å². The third-order valence-corrected chi connectivity index (χ3v) is 3.13. The van der Waals surface area contributed by atoms with Crippen LogP contribution in [0.1, 0.15) is 16.1 Å². The minimum absolute atomic E-state index is 0.108. The summed E-state index contributed by atoms with van der Waals surface area (Å²) in [6, 6.07) is -0.195. The first-order chi connectivity index (χ1) is 7.63. The third kappa shape index (κ3) is 1.79. The van der Waals surface area contributed by atoms with Gasteiger partial charge in [-0.05, 0) is 0 Å². The summed E-state index contributed by atoms with van der Waals surface area (Å²) in [5.41, 5.74) is 7.19. The Kier molecular flexibility index (Phi) is 2.88. The normalized spacial score (nSPS) is 20.2. The second-order valence-electron chi connectivity index (χ2n) is 3.47. The zero-order chi connectivity index (χ0) is 11.7. The molecule has 0 radical (unpaired) electrons. The van der Waals surface area contributed by atoms with Crippen molar-refractivity contribution in [3.8, 4) is 0 Å². The van der Waals surface area contributed by atoms with Crippen LogP contribution in [0.3, 0.4) is 0 Å². The number of anilines is 1. The highest BCUT2D eigenvalue weighted by Crippen LogP contribution is 2.27. The Labute approximate surface area is 96.0 Å². The molecule has 2 heterocycles. The molecule has 1 aliphatic heterocycles. The predicted octanol–water partition coefficient (Wildman–Crippen LogP) is -0.00630. The molecule has 1 aromatic rings. The molecular formula is C9H11N3O3S. The zero-order valence-electron chi connectivity index (χ0n) is 8.67. The Hall–Kier alpha value is -1.47. The largest absolute Gasteiger partial charge is 0.465 e. The highest BCUT2D eigenvalue weighted by atomic mass is 32.1. The fraction of sp³-hybridized carbons (Fsp3) is 0.444. The van der Waals surface area contributed by atoms with Gasteiger partial charge in [0.1, 0.15) is 0 Å². The van der Waals surface area contributed by atoms with E-state index in [1.807, 2.05) is 0 Å². The Morgan fingerprint density at radius 2 is 2.50 bits per heavy atom. The van der Waals surface area contributed by atoms with Crippen LogP contribution >= 0.6 is 11.3 Å². The van der Waals surface area contributed by atoms with Crippen LogP contribution in [0, 0.1) is 0 Å². The van der Waals surface area contributed by atoms with Crippen molar-refractivity contribution in [2.75, 3.05) is 18.6 Å². The first kappa shape index (κ1) is 11.0. The van der Waals surface area contributed by atoms with Gasteiger partial charge in [0, 0.05) is 19.0 Å². The number of thiazole rings is 1. The molecule has 1 aromatic heterocycles. The molecule has 0 bridgehead atoms. The first-order valence-electron chi connectivity index (χ1n) is 4.71. The lowest BCUT2D eigenvalue weighted by Crippen LogP contribution is -2.29. The van der Waals surface area contributed by atoms with Crippen LogP contribution in [-0.4, -0.2) is 36.6 Å². The number of rotatable bonds is 2. The second kappa shape index (κ2) is 4.18. The van der Waals surface area contributed by atoms with Crippen molar-refractivity contribution in [3.05, 3.63) is 10.4 Å². The van der Waals surface area contributed by atoms with E-state index < -0.39 is 5.97 Å². The van der Waals surface area contributed by atoms with Gasteiger partial charge in [-0.3, -0.25) is 9.69 Å². The standard InChI is InChI=1S/C9H11N3O3S/c1-15-9(14)7-8(11-4-16-7)12-3-5(10)2-6(12)13/h4-5H,2-3,10H2,1H3. The second-order valence-corrected chi connectivity index (χ2v) is 4.32. The molecule has 86 valence electrons. The number of hydrogen-bond acceptors (Lipinski definition) is 6. The lowest BCUT2D eigenvalue weighted by molar-refractivity contribution is -0.117. The molecule has 16 heavy (non-hydrogen) atoms. The molecule has 0 saturated carbocycles. The topological polar surface area (TPSA) is 85.5 Å². The molecule has 2 N–H and O–H groups in total. The molecular weight excluding hydrogens is 230 g/mol. The van der Waals surface area contributed by atoms with Crippen molar-refractivity contribution in [3.63, 3.8) is 0 Å². The number of carbonyl (C=O) groups is 2. The minimum Gasteiger partial charge on any atom is -0.465 e. The minimum atomic E-state index is -0.481. The molecule has 2 rings (SSSR count). The van der Waals surface area contributed by atoms with Gasteiger partial charge in [0.25, 0.3) is 0 Å². The summed E-state index contributed by atoms with van der Waals surface area (Å²) in [5.74, 6) is -0.232. The van der Waals surface area contributed by atoms with Crippen LogP contribution in [0.25, 0.3) is 0 Å². The average Bonchev–Trinajstić information content (AvgIpc) is 2.83. The molecule has 1 aliphatic rings. The van der Waals surface area contributed by atoms with E-state index in [0.29, 0.717) is 17.2 Å². The highest BCUT2D eigenvalue weighted by molar-refractivity contribution is 7.12. The summed E-state index contributed by atoms with van der Waals surface area (Å²) in [4.78, 5) is 28.8. The van der Waals surface area contributed by atoms with E-state index in [-0.39, 0.29) is 18.4 Å². The molecule has 1 fully saturated rings. The van der Waals surface area contributed by atoms with Crippen LogP contribution in [0.4, 0.5) is 5.82 Å². The number of esters is 1. The zero-order valence-corrected chi connectivity index (χ0v) is 9.49. The van der Waals surface area contributed by atoms with E-state index in [0.717, 1.165) is 11.3 Å². The molecule has 0 aliphatic carbocycles. The van der Waals surface area contributed by atoms with Crippen LogP contribution < -0.4 is 10.6 Å². The van der Waals surface area contributed by atoms with Crippen molar-refractivity contribution >= 4 is 29.0 Å². The van der Waals surface area contributed by atoms with Crippen LogP contribution in [0.15, 0.2) is 5.51 Å². The Morgan fingerprint density at radius 1 is 1.75 bits per heavy atom. The Bertz CT molecular complexity index is 431. The van der Waals surface area contributed by atoms with Gasteiger partial charge in [0.2, 0.25) is 5.91 Å². The van der Waals surface area contributed by atoms with Gasteiger partial charge in [-0.1, -0.05) is 0 Å². The Balaban J connectivity index is 2.31. The SMILES string of the molecule is COC(=O)c1scnc1N1CC(N)CC1=O. The smallest absolute Gasteiger partial charge is 0.351 e. The number of ether oxygens (including phenoxy) is 1. The van der Waals surface area contributed by atoms with Gasteiger partial charge in [0.15, 0.2) is 10.7 Å². The maximum absolute atomic E-state index is 11.6. The van der Waals surface area contributed by atoms with Crippen LogP contribution in [-0.2, 0) is 9.53 Å².